The Balaban J connectivity index is 1.59. The number of hydrogen-bond acceptors (Lipinski definition) is 3. The number of ether oxygens (including phenoxy) is 1. The maximum Gasteiger partial charge on any atom is 0.227 e. The van der Waals surface area contributed by atoms with Gasteiger partial charge < -0.3 is 15.0 Å². The number of benzene rings is 2. The molecule has 2 amide bonds. The molecule has 5 nitrogen and oxygen atoms in total. The van der Waals surface area contributed by atoms with Crippen molar-refractivity contribution in [3.8, 4) is 5.75 Å². The Bertz CT molecular complexity index is 825. The van der Waals surface area contributed by atoms with Crippen LogP contribution in [0.25, 0.3) is 0 Å². The number of anilines is 1. The van der Waals surface area contributed by atoms with Crippen LogP contribution < -0.4 is 15.0 Å². The molecule has 142 valence electrons. The van der Waals surface area contributed by atoms with Gasteiger partial charge in [-0.25, -0.2) is 0 Å². The molecule has 0 saturated carbocycles. The molecule has 1 N–H and O–H groups in total. The molecular weight excluding hydrogens is 364 g/mol. The fraction of sp³-hybridized carbons (Fsp3) is 0.333. The van der Waals surface area contributed by atoms with Crippen molar-refractivity contribution in [3.63, 3.8) is 0 Å². The summed E-state index contributed by atoms with van der Waals surface area (Å²) in [5.74, 6) is 0.372. The van der Waals surface area contributed by atoms with Crippen LogP contribution in [-0.2, 0) is 9.59 Å². The molecule has 0 spiro atoms. The van der Waals surface area contributed by atoms with E-state index in [1.54, 1.807) is 23.1 Å². The number of halogens is 1. The van der Waals surface area contributed by atoms with Crippen LogP contribution in [0.4, 0.5) is 5.69 Å². The first-order chi connectivity index (χ1) is 12.9. The molecule has 1 aliphatic rings. The first-order valence-electron chi connectivity index (χ1n) is 9.05. The molecule has 1 heterocycles. The fourth-order valence-electron chi connectivity index (χ4n) is 3.14. The van der Waals surface area contributed by atoms with E-state index < -0.39 is 0 Å². The zero-order valence-electron chi connectivity index (χ0n) is 15.4. The monoisotopic (exact) mass is 386 g/mol. The number of carbonyl (C=O) groups is 2. The van der Waals surface area contributed by atoms with Gasteiger partial charge in [-0.2, -0.15) is 0 Å². The highest BCUT2D eigenvalue weighted by atomic mass is 35.5. The van der Waals surface area contributed by atoms with Gasteiger partial charge in [-0.1, -0.05) is 41.9 Å². The van der Waals surface area contributed by atoms with Crippen LogP contribution in [0.15, 0.2) is 48.5 Å². The largest absolute Gasteiger partial charge is 0.487 e. The zero-order valence-corrected chi connectivity index (χ0v) is 16.2. The third kappa shape index (κ3) is 4.80. The number of hydrogen-bond donors (Lipinski definition) is 1. The predicted molar refractivity (Wildman–Crippen MR) is 106 cm³/mol. The second-order valence-corrected chi connectivity index (χ2v) is 7.18. The summed E-state index contributed by atoms with van der Waals surface area (Å²) in [5, 5.41) is 3.48. The number of carbonyl (C=O) groups excluding carboxylic acids is 2. The van der Waals surface area contributed by atoms with E-state index in [1.807, 2.05) is 44.2 Å². The van der Waals surface area contributed by atoms with E-state index in [0.29, 0.717) is 23.0 Å². The lowest BCUT2D eigenvalue weighted by molar-refractivity contribution is -0.125. The van der Waals surface area contributed by atoms with E-state index in [4.69, 9.17) is 16.3 Å². The molecule has 0 bridgehead atoms. The molecule has 0 radical (unpaired) electrons. The summed E-state index contributed by atoms with van der Waals surface area (Å²) in [6.07, 6.45) is 0.151. The van der Waals surface area contributed by atoms with Crippen LogP contribution in [0.2, 0.25) is 5.02 Å². The van der Waals surface area contributed by atoms with Crippen molar-refractivity contribution in [2.75, 3.05) is 11.4 Å². The van der Waals surface area contributed by atoms with Gasteiger partial charge in [0.25, 0.3) is 0 Å². The molecule has 3 rings (SSSR count). The average Bonchev–Trinajstić information content (AvgIpc) is 2.66. The van der Waals surface area contributed by atoms with Crippen LogP contribution in [0.5, 0.6) is 5.75 Å². The summed E-state index contributed by atoms with van der Waals surface area (Å²) in [4.78, 5) is 26.6. The van der Waals surface area contributed by atoms with Crippen LogP contribution in [0.3, 0.4) is 0 Å². The van der Waals surface area contributed by atoms with Gasteiger partial charge in [0.05, 0.1) is 18.3 Å². The average molecular weight is 387 g/mol. The maximum atomic E-state index is 12.7. The smallest absolute Gasteiger partial charge is 0.227 e. The van der Waals surface area contributed by atoms with Crippen LogP contribution >= 0.6 is 11.6 Å². The van der Waals surface area contributed by atoms with Gasteiger partial charge in [-0.05, 0) is 37.6 Å². The topological polar surface area (TPSA) is 58.6 Å². The zero-order chi connectivity index (χ0) is 19.4. The third-order valence-electron chi connectivity index (χ3n) is 4.52. The molecule has 0 unspecified atom stereocenters. The fourth-order valence-corrected chi connectivity index (χ4v) is 3.31. The van der Waals surface area contributed by atoms with Crippen molar-refractivity contribution in [1.82, 2.24) is 5.32 Å². The van der Waals surface area contributed by atoms with Crippen molar-refractivity contribution in [1.29, 1.82) is 0 Å². The molecule has 27 heavy (non-hydrogen) atoms. The number of nitrogens with one attached hydrogen (secondary N) is 1. The molecule has 1 aliphatic heterocycles. The predicted octanol–water partition coefficient (Wildman–Crippen LogP) is 4.11. The number of rotatable bonds is 5. The molecule has 0 aromatic heterocycles. The van der Waals surface area contributed by atoms with Gasteiger partial charge in [-0.3, -0.25) is 9.59 Å². The Morgan fingerprint density at radius 1 is 1.22 bits per heavy atom. The minimum absolute atomic E-state index is 0.100. The molecule has 0 aliphatic carbocycles. The van der Waals surface area contributed by atoms with E-state index in [-0.39, 0.29) is 36.8 Å². The van der Waals surface area contributed by atoms with Crippen molar-refractivity contribution in [2.45, 2.75) is 38.8 Å². The van der Waals surface area contributed by atoms with Crippen molar-refractivity contribution in [2.24, 2.45) is 0 Å². The van der Waals surface area contributed by atoms with Crippen LogP contribution in [0, 0.1) is 0 Å². The van der Waals surface area contributed by atoms with E-state index in [0.717, 1.165) is 5.56 Å². The van der Waals surface area contributed by atoms with Crippen molar-refractivity contribution in [3.05, 3.63) is 59.1 Å². The Morgan fingerprint density at radius 3 is 2.70 bits per heavy atom. The maximum absolute atomic E-state index is 12.7. The van der Waals surface area contributed by atoms with Gasteiger partial charge >= 0.3 is 0 Å². The molecule has 6 heteroatoms. The van der Waals surface area contributed by atoms with E-state index in [2.05, 4.69) is 5.32 Å². The normalized spacial score (nSPS) is 16.9. The second-order valence-electron chi connectivity index (χ2n) is 6.74. The van der Waals surface area contributed by atoms with Crippen molar-refractivity contribution < 1.29 is 14.3 Å². The molecule has 0 saturated heterocycles. The highest BCUT2D eigenvalue weighted by Gasteiger charge is 2.28. The van der Waals surface area contributed by atoms with E-state index in [9.17, 15) is 9.59 Å². The third-order valence-corrected chi connectivity index (χ3v) is 4.76. The Labute approximate surface area is 164 Å². The highest BCUT2D eigenvalue weighted by Crippen LogP contribution is 2.36. The summed E-state index contributed by atoms with van der Waals surface area (Å²) in [5.41, 5.74) is 1.69. The van der Waals surface area contributed by atoms with Gasteiger partial charge in [0.1, 0.15) is 11.9 Å². The van der Waals surface area contributed by atoms with Gasteiger partial charge in [-0.15, -0.1) is 0 Å². The van der Waals surface area contributed by atoms with Gasteiger partial charge in [0.2, 0.25) is 11.8 Å². The Kier molecular flexibility index (Phi) is 6.01. The molecule has 2 aromatic carbocycles. The Hall–Kier alpha value is -2.53. The summed E-state index contributed by atoms with van der Waals surface area (Å²) >= 11 is 6.07. The van der Waals surface area contributed by atoms with Gasteiger partial charge in [0.15, 0.2) is 0 Å². The Morgan fingerprint density at radius 2 is 1.96 bits per heavy atom. The van der Waals surface area contributed by atoms with Crippen LogP contribution in [0.1, 0.15) is 38.3 Å². The van der Waals surface area contributed by atoms with E-state index >= 15 is 0 Å². The molecule has 2 atom stereocenters. The minimum Gasteiger partial charge on any atom is -0.487 e. The van der Waals surface area contributed by atoms with Gasteiger partial charge in [0, 0.05) is 17.9 Å². The quantitative estimate of drug-likeness (QED) is 0.841. The summed E-state index contributed by atoms with van der Waals surface area (Å²) in [6.45, 7) is 4.28. The standard InChI is InChI=1S/C21H23ClN2O3/c1-14-13-24(18-12-17(22)8-9-19(18)27-14)21(26)11-10-20(25)23-15(2)16-6-4-3-5-7-16/h3-9,12,14-15H,10-11,13H2,1-2H3,(H,23,25)/t14-,15+/m1/s1. The van der Waals surface area contributed by atoms with Crippen LogP contribution in [-0.4, -0.2) is 24.5 Å². The lowest BCUT2D eigenvalue weighted by Gasteiger charge is -2.33. The highest BCUT2D eigenvalue weighted by molar-refractivity contribution is 6.31. The minimum atomic E-state index is -0.146. The lowest BCUT2D eigenvalue weighted by Crippen LogP contribution is -2.42. The molecule has 0 fully saturated rings. The van der Waals surface area contributed by atoms with Crippen molar-refractivity contribution >= 4 is 29.1 Å². The first kappa shape index (κ1) is 19.2. The summed E-state index contributed by atoms with van der Waals surface area (Å²) in [6, 6.07) is 14.9. The lowest BCUT2D eigenvalue weighted by atomic mass is 10.1. The second kappa shape index (κ2) is 8.44. The van der Waals surface area contributed by atoms with E-state index in [1.165, 1.54) is 0 Å². The number of amides is 2. The summed E-state index contributed by atoms with van der Waals surface area (Å²) < 4.78 is 5.76. The first-order valence-corrected chi connectivity index (χ1v) is 9.42. The summed E-state index contributed by atoms with van der Waals surface area (Å²) in [7, 11) is 0. The number of fused-ring (bicyclic) bond motifs is 1. The SMILES string of the molecule is C[C@@H]1CN(C(=O)CCC(=O)N[C@@H](C)c2ccccc2)c2cc(Cl)ccc2O1. The molecule has 2 aromatic rings. The number of nitrogens with zero attached hydrogens (tertiary/aromatic N) is 1. The molecular formula is C21H23ClN2O3.